The van der Waals surface area contributed by atoms with Gasteiger partial charge in [0.1, 0.15) is 5.82 Å². The summed E-state index contributed by atoms with van der Waals surface area (Å²) in [6.07, 6.45) is 12.3. The van der Waals surface area contributed by atoms with E-state index < -0.39 is 0 Å². The number of carbonyl (C=O) groups is 1. The Morgan fingerprint density at radius 2 is 1.90 bits per heavy atom. The van der Waals surface area contributed by atoms with Gasteiger partial charge in [0.25, 0.3) is 6.47 Å². The molecule has 1 aromatic carbocycles. The van der Waals surface area contributed by atoms with E-state index in [1.54, 1.807) is 6.20 Å². The Balaban J connectivity index is 0.000000730. The summed E-state index contributed by atoms with van der Waals surface area (Å²) in [5, 5.41) is 11.2. The summed E-state index contributed by atoms with van der Waals surface area (Å²) >= 11 is 0. The molecule has 4 heterocycles. The van der Waals surface area contributed by atoms with Crippen LogP contribution in [0.1, 0.15) is 11.6 Å². The lowest BCUT2D eigenvalue weighted by molar-refractivity contribution is -0.122. The summed E-state index contributed by atoms with van der Waals surface area (Å²) in [6.45, 7) is 1.22. The lowest BCUT2D eigenvalue weighted by Gasteiger charge is -2.21. The second-order valence-electron chi connectivity index (χ2n) is 7.19. The van der Waals surface area contributed by atoms with E-state index in [-0.39, 0.29) is 12.5 Å². The van der Waals surface area contributed by atoms with Crippen molar-refractivity contribution in [3.05, 3.63) is 85.2 Å². The van der Waals surface area contributed by atoms with E-state index in [1.165, 1.54) is 5.56 Å². The Labute approximate surface area is 179 Å². The number of aromatic nitrogens is 5. The Hall–Kier alpha value is -3.78. The van der Waals surface area contributed by atoms with E-state index in [0.29, 0.717) is 12.5 Å². The molecule has 2 atom stereocenters. The zero-order chi connectivity index (χ0) is 21.5. The minimum absolute atomic E-state index is 0.250. The van der Waals surface area contributed by atoms with Gasteiger partial charge in [-0.05, 0) is 42.3 Å². The van der Waals surface area contributed by atoms with Crippen LogP contribution < -0.4 is 0 Å². The fourth-order valence-electron chi connectivity index (χ4n) is 3.92. The van der Waals surface area contributed by atoms with Crippen LogP contribution in [-0.2, 0) is 16.0 Å². The van der Waals surface area contributed by atoms with E-state index in [4.69, 9.17) is 14.6 Å². The number of pyridine rings is 1. The van der Waals surface area contributed by atoms with Gasteiger partial charge in [0.05, 0.1) is 24.9 Å². The maximum absolute atomic E-state index is 8.36. The van der Waals surface area contributed by atoms with Crippen molar-refractivity contribution >= 4 is 6.47 Å². The predicted octanol–water partition coefficient (Wildman–Crippen LogP) is 3.26. The molecule has 1 saturated heterocycles. The summed E-state index contributed by atoms with van der Waals surface area (Å²) in [4.78, 5) is 17.1. The first-order valence-electron chi connectivity index (χ1n) is 9.98. The van der Waals surface area contributed by atoms with Gasteiger partial charge in [0.15, 0.2) is 0 Å². The van der Waals surface area contributed by atoms with Gasteiger partial charge in [-0.3, -0.25) is 9.78 Å². The molecular weight excluding hydrogens is 394 g/mol. The van der Waals surface area contributed by atoms with Gasteiger partial charge in [-0.25, -0.2) is 9.67 Å². The molecule has 0 spiro atoms. The van der Waals surface area contributed by atoms with Crippen LogP contribution in [0.5, 0.6) is 0 Å². The van der Waals surface area contributed by atoms with Crippen LogP contribution in [0.15, 0.2) is 79.6 Å². The molecule has 0 radical (unpaired) electrons. The second kappa shape index (κ2) is 9.82. The molecule has 0 aliphatic carbocycles. The highest BCUT2D eigenvalue weighted by Gasteiger charge is 2.31. The smallest absolute Gasteiger partial charge is 0.290 e. The number of rotatable bonds is 5. The van der Waals surface area contributed by atoms with Crippen LogP contribution >= 0.6 is 0 Å². The van der Waals surface area contributed by atoms with Gasteiger partial charge in [-0.15, -0.1) is 0 Å². The number of hydrogen-bond acceptors (Lipinski definition) is 5. The van der Waals surface area contributed by atoms with E-state index in [9.17, 15) is 0 Å². The van der Waals surface area contributed by atoms with Crippen molar-refractivity contribution in [1.29, 1.82) is 0 Å². The SMILES string of the molecule is O=CO.c1cc(-c2nccn2[C@@H]2COC[C@@H]2Cc2ccncc2)cc(-n2cccn2)c1. The first-order chi connectivity index (χ1) is 15.3. The minimum Gasteiger partial charge on any atom is -0.483 e. The third-order valence-corrected chi connectivity index (χ3v) is 5.31. The van der Waals surface area contributed by atoms with Gasteiger partial charge < -0.3 is 14.4 Å². The van der Waals surface area contributed by atoms with Crippen molar-refractivity contribution in [1.82, 2.24) is 24.3 Å². The lowest BCUT2D eigenvalue weighted by atomic mass is 9.95. The Morgan fingerprint density at radius 3 is 2.68 bits per heavy atom. The van der Waals surface area contributed by atoms with Gasteiger partial charge >= 0.3 is 0 Å². The first-order valence-corrected chi connectivity index (χ1v) is 9.98. The normalized spacial score (nSPS) is 17.7. The number of benzene rings is 1. The molecule has 0 saturated carbocycles. The maximum atomic E-state index is 8.36. The second-order valence-corrected chi connectivity index (χ2v) is 7.19. The molecule has 4 aromatic rings. The molecule has 8 nitrogen and oxygen atoms in total. The Morgan fingerprint density at radius 1 is 1.06 bits per heavy atom. The van der Waals surface area contributed by atoms with Crippen LogP contribution in [-0.4, -0.2) is 49.1 Å². The lowest BCUT2D eigenvalue weighted by Crippen LogP contribution is -2.20. The summed E-state index contributed by atoms with van der Waals surface area (Å²) in [7, 11) is 0. The highest BCUT2D eigenvalue weighted by atomic mass is 16.5. The molecule has 0 bridgehead atoms. The quantitative estimate of drug-likeness (QED) is 0.501. The maximum Gasteiger partial charge on any atom is 0.290 e. The van der Waals surface area contributed by atoms with Crippen LogP contribution in [0.2, 0.25) is 0 Å². The standard InChI is InChI=1S/C22H21N5O.CH2O2/c1-3-18(14-20(4-1)27-11-2-7-25-27)22-24-10-12-26(22)21-16-28-15-19(21)13-17-5-8-23-9-6-17;2-1-3/h1-12,14,19,21H,13,15-16H2;1H,(H,2,3)/t19-,21+;/m0./s1. The molecule has 5 rings (SSSR count). The third-order valence-electron chi connectivity index (χ3n) is 5.31. The van der Waals surface area contributed by atoms with Crippen LogP contribution in [0.3, 0.4) is 0 Å². The Bertz CT molecular complexity index is 1100. The van der Waals surface area contributed by atoms with E-state index in [2.05, 4.69) is 56.2 Å². The van der Waals surface area contributed by atoms with Gasteiger partial charge in [-0.2, -0.15) is 5.10 Å². The molecule has 0 unspecified atom stereocenters. The van der Waals surface area contributed by atoms with Crippen molar-refractivity contribution in [3.63, 3.8) is 0 Å². The van der Waals surface area contributed by atoms with Crippen molar-refractivity contribution in [2.24, 2.45) is 5.92 Å². The number of carboxylic acid groups (broad SMARTS) is 1. The molecule has 1 aliphatic rings. The first kappa shape index (κ1) is 20.5. The average Bonchev–Trinajstić information content (AvgIpc) is 3.56. The molecule has 0 amide bonds. The monoisotopic (exact) mass is 417 g/mol. The summed E-state index contributed by atoms with van der Waals surface area (Å²) in [6, 6.07) is 14.7. The van der Waals surface area contributed by atoms with Crippen molar-refractivity contribution in [2.75, 3.05) is 13.2 Å². The molecule has 8 heteroatoms. The minimum atomic E-state index is -0.250. The fourth-order valence-corrected chi connectivity index (χ4v) is 3.92. The van der Waals surface area contributed by atoms with Crippen molar-refractivity contribution < 1.29 is 14.6 Å². The highest BCUT2D eigenvalue weighted by molar-refractivity contribution is 5.59. The molecule has 3 aromatic heterocycles. The number of nitrogens with zero attached hydrogens (tertiary/aromatic N) is 5. The molecule has 1 aliphatic heterocycles. The van der Waals surface area contributed by atoms with Gasteiger partial charge in [0.2, 0.25) is 0 Å². The Kier molecular flexibility index (Phi) is 6.49. The van der Waals surface area contributed by atoms with Crippen LogP contribution in [0.25, 0.3) is 17.1 Å². The number of ether oxygens (including phenoxy) is 1. The van der Waals surface area contributed by atoms with Crippen molar-refractivity contribution in [2.45, 2.75) is 12.5 Å². The van der Waals surface area contributed by atoms with Gasteiger partial charge in [-0.1, -0.05) is 12.1 Å². The molecular formula is C23H23N5O3. The van der Waals surface area contributed by atoms with Gasteiger partial charge in [0, 0.05) is 48.7 Å². The number of imidazole rings is 1. The van der Waals surface area contributed by atoms with Crippen LogP contribution in [0, 0.1) is 5.92 Å². The zero-order valence-electron chi connectivity index (χ0n) is 16.9. The molecule has 1 N–H and O–H groups in total. The topological polar surface area (TPSA) is 95.1 Å². The molecule has 158 valence electrons. The van der Waals surface area contributed by atoms with E-state index in [1.807, 2.05) is 41.6 Å². The zero-order valence-corrected chi connectivity index (χ0v) is 16.9. The van der Waals surface area contributed by atoms with E-state index in [0.717, 1.165) is 30.1 Å². The summed E-state index contributed by atoms with van der Waals surface area (Å²) < 4.78 is 9.99. The number of hydrogen-bond donors (Lipinski definition) is 1. The fraction of sp³-hybridized carbons (Fsp3) is 0.217. The predicted molar refractivity (Wildman–Crippen MR) is 115 cm³/mol. The van der Waals surface area contributed by atoms with Crippen molar-refractivity contribution in [3.8, 4) is 17.1 Å². The highest BCUT2D eigenvalue weighted by Crippen LogP contribution is 2.33. The summed E-state index contributed by atoms with van der Waals surface area (Å²) in [5.41, 5.74) is 3.39. The molecule has 31 heavy (non-hydrogen) atoms. The summed E-state index contributed by atoms with van der Waals surface area (Å²) in [5.74, 6) is 1.37. The third kappa shape index (κ3) is 4.70. The largest absolute Gasteiger partial charge is 0.483 e. The average molecular weight is 417 g/mol. The van der Waals surface area contributed by atoms with Crippen LogP contribution in [0.4, 0.5) is 0 Å². The van der Waals surface area contributed by atoms with E-state index >= 15 is 0 Å². The molecule has 1 fully saturated rings.